The Bertz CT molecular complexity index is 772. The van der Waals surface area contributed by atoms with Gasteiger partial charge in [-0.25, -0.2) is 0 Å². The van der Waals surface area contributed by atoms with Gasteiger partial charge in [0, 0.05) is 11.1 Å². The van der Waals surface area contributed by atoms with Crippen LogP contribution in [0.2, 0.25) is 0 Å². The fraction of sp³-hybridized carbons (Fsp3) is 0.500. The molecular weight excluding hydrogens is 457 g/mol. The Hall–Kier alpha value is -1.53. The standard InChI is InChI=1S/C24H28BrF3O2/c25-23-14-13-21(16-22(23)24(26,27)28)30-20-11-9-18(10-12-20)6-4-5-15-29-17-19-7-2-1-3-8-19/h1-3,7-8,13-14,16,18,20H,4-6,9-12,15,17H2. The van der Waals surface area contributed by atoms with E-state index < -0.39 is 11.7 Å². The molecule has 3 rings (SSSR count). The fourth-order valence-electron chi connectivity index (χ4n) is 3.93. The topological polar surface area (TPSA) is 18.5 Å². The number of alkyl halides is 3. The largest absolute Gasteiger partial charge is 0.490 e. The molecule has 0 bridgehead atoms. The van der Waals surface area contributed by atoms with Crippen molar-refractivity contribution >= 4 is 15.9 Å². The molecule has 2 aromatic carbocycles. The second-order valence-electron chi connectivity index (χ2n) is 7.93. The van der Waals surface area contributed by atoms with Crippen molar-refractivity contribution in [3.63, 3.8) is 0 Å². The van der Waals surface area contributed by atoms with E-state index in [1.54, 1.807) is 6.07 Å². The maximum absolute atomic E-state index is 13.0. The molecule has 0 N–H and O–H groups in total. The molecular formula is C24H28BrF3O2. The quantitative estimate of drug-likeness (QED) is 0.338. The smallest absolute Gasteiger partial charge is 0.417 e. The number of rotatable bonds is 9. The normalized spacial score (nSPS) is 19.6. The highest BCUT2D eigenvalue weighted by Gasteiger charge is 2.33. The van der Waals surface area contributed by atoms with Crippen molar-refractivity contribution in [2.24, 2.45) is 5.92 Å². The third-order valence-corrected chi connectivity index (χ3v) is 6.29. The summed E-state index contributed by atoms with van der Waals surface area (Å²) in [6.45, 7) is 1.44. The summed E-state index contributed by atoms with van der Waals surface area (Å²) in [6.07, 6.45) is 2.92. The van der Waals surface area contributed by atoms with Crippen molar-refractivity contribution in [3.05, 3.63) is 64.1 Å². The number of benzene rings is 2. The van der Waals surface area contributed by atoms with Crippen LogP contribution in [0.1, 0.15) is 56.1 Å². The first-order valence-electron chi connectivity index (χ1n) is 10.6. The number of hydrogen-bond acceptors (Lipinski definition) is 2. The van der Waals surface area contributed by atoms with Gasteiger partial charge < -0.3 is 9.47 Å². The van der Waals surface area contributed by atoms with Crippen LogP contribution >= 0.6 is 15.9 Å². The van der Waals surface area contributed by atoms with Gasteiger partial charge in [-0.2, -0.15) is 13.2 Å². The summed E-state index contributed by atoms with van der Waals surface area (Å²) >= 11 is 2.97. The molecule has 0 aliphatic heterocycles. The van der Waals surface area contributed by atoms with Gasteiger partial charge in [0.05, 0.1) is 18.3 Å². The predicted octanol–water partition coefficient (Wildman–Crippen LogP) is 7.79. The van der Waals surface area contributed by atoms with Gasteiger partial charge in [-0.1, -0.05) is 59.1 Å². The van der Waals surface area contributed by atoms with Crippen LogP contribution in [0, 0.1) is 5.92 Å². The van der Waals surface area contributed by atoms with Crippen LogP contribution < -0.4 is 4.74 Å². The van der Waals surface area contributed by atoms with Gasteiger partial charge in [-0.15, -0.1) is 0 Å². The maximum atomic E-state index is 13.0. The number of hydrogen-bond donors (Lipinski definition) is 0. The number of halogens is 4. The third-order valence-electron chi connectivity index (χ3n) is 5.60. The molecule has 0 aromatic heterocycles. The highest BCUT2D eigenvalue weighted by atomic mass is 79.9. The second kappa shape index (κ2) is 11.2. The number of ether oxygens (including phenoxy) is 2. The van der Waals surface area contributed by atoms with Crippen molar-refractivity contribution in [1.29, 1.82) is 0 Å². The monoisotopic (exact) mass is 484 g/mol. The first-order valence-corrected chi connectivity index (χ1v) is 11.4. The van der Waals surface area contributed by atoms with Gasteiger partial charge >= 0.3 is 6.18 Å². The highest BCUT2D eigenvalue weighted by Crippen LogP contribution is 2.38. The molecule has 1 aliphatic carbocycles. The minimum atomic E-state index is -4.39. The SMILES string of the molecule is FC(F)(F)c1cc(OC2CCC(CCCCOCc3ccccc3)CC2)ccc1Br. The molecule has 0 amide bonds. The summed E-state index contributed by atoms with van der Waals surface area (Å²) in [5.41, 5.74) is 0.507. The summed E-state index contributed by atoms with van der Waals surface area (Å²) in [6, 6.07) is 14.3. The van der Waals surface area contributed by atoms with Gasteiger partial charge in [0.15, 0.2) is 0 Å². The van der Waals surface area contributed by atoms with Crippen molar-refractivity contribution in [3.8, 4) is 5.75 Å². The van der Waals surface area contributed by atoms with Gasteiger partial charge in [-0.3, -0.25) is 0 Å². The van der Waals surface area contributed by atoms with E-state index in [0.717, 1.165) is 51.2 Å². The van der Waals surface area contributed by atoms with Crippen molar-refractivity contribution in [1.82, 2.24) is 0 Å². The molecule has 0 radical (unpaired) electrons. The van der Waals surface area contributed by atoms with E-state index in [-0.39, 0.29) is 10.6 Å². The zero-order valence-corrected chi connectivity index (χ0v) is 18.6. The fourth-order valence-corrected chi connectivity index (χ4v) is 4.40. The van der Waals surface area contributed by atoms with Gasteiger partial charge in [0.1, 0.15) is 5.75 Å². The molecule has 0 saturated heterocycles. The van der Waals surface area contributed by atoms with Crippen LogP contribution in [0.4, 0.5) is 13.2 Å². The average Bonchev–Trinajstić information content (AvgIpc) is 2.73. The Morgan fingerprint density at radius 2 is 1.67 bits per heavy atom. The molecule has 2 nitrogen and oxygen atoms in total. The lowest BCUT2D eigenvalue weighted by Gasteiger charge is -2.29. The Balaban J connectivity index is 1.31. The third kappa shape index (κ3) is 7.31. The van der Waals surface area contributed by atoms with Gasteiger partial charge in [0.2, 0.25) is 0 Å². The maximum Gasteiger partial charge on any atom is 0.417 e. The van der Waals surface area contributed by atoms with E-state index in [0.29, 0.717) is 18.3 Å². The van der Waals surface area contributed by atoms with Crippen LogP contribution in [0.15, 0.2) is 53.0 Å². The van der Waals surface area contributed by atoms with Gasteiger partial charge in [0.25, 0.3) is 0 Å². The minimum Gasteiger partial charge on any atom is -0.490 e. The summed E-state index contributed by atoms with van der Waals surface area (Å²) in [5.74, 6) is 0.971. The molecule has 0 heterocycles. The Morgan fingerprint density at radius 1 is 0.933 bits per heavy atom. The molecule has 6 heteroatoms. The molecule has 0 unspecified atom stereocenters. The molecule has 1 fully saturated rings. The first kappa shape index (κ1) is 23.1. The lowest BCUT2D eigenvalue weighted by atomic mass is 9.84. The molecule has 2 aromatic rings. The van der Waals surface area contributed by atoms with Crippen molar-refractivity contribution in [2.45, 2.75) is 63.8 Å². The highest BCUT2D eigenvalue weighted by molar-refractivity contribution is 9.10. The predicted molar refractivity (Wildman–Crippen MR) is 115 cm³/mol. The molecule has 0 atom stereocenters. The van der Waals surface area contributed by atoms with Crippen LogP contribution in [0.25, 0.3) is 0 Å². The molecule has 0 spiro atoms. The van der Waals surface area contributed by atoms with E-state index in [4.69, 9.17) is 9.47 Å². The number of unbranched alkanes of at least 4 members (excludes halogenated alkanes) is 1. The molecule has 30 heavy (non-hydrogen) atoms. The van der Waals surface area contributed by atoms with E-state index in [9.17, 15) is 13.2 Å². The second-order valence-corrected chi connectivity index (χ2v) is 8.79. The molecule has 1 saturated carbocycles. The first-order chi connectivity index (χ1) is 14.4. The average molecular weight is 485 g/mol. The summed E-state index contributed by atoms with van der Waals surface area (Å²) in [5, 5.41) is 0. The van der Waals surface area contributed by atoms with Crippen molar-refractivity contribution in [2.75, 3.05) is 6.61 Å². The van der Waals surface area contributed by atoms with E-state index >= 15 is 0 Å². The minimum absolute atomic E-state index is 0.00212. The Labute approximate surface area is 184 Å². The Morgan fingerprint density at radius 3 is 2.37 bits per heavy atom. The summed E-state index contributed by atoms with van der Waals surface area (Å²) in [7, 11) is 0. The lowest BCUT2D eigenvalue weighted by Crippen LogP contribution is -2.24. The van der Waals surface area contributed by atoms with Crippen LogP contribution in [0.5, 0.6) is 5.75 Å². The van der Waals surface area contributed by atoms with Crippen molar-refractivity contribution < 1.29 is 22.6 Å². The lowest BCUT2D eigenvalue weighted by molar-refractivity contribution is -0.138. The zero-order chi connectivity index (χ0) is 21.4. The van der Waals surface area contributed by atoms with E-state index in [1.807, 2.05) is 18.2 Å². The van der Waals surface area contributed by atoms with E-state index in [1.165, 1.54) is 18.1 Å². The van der Waals surface area contributed by atoms with Crippen LogP contribution in [0.3, 0.4) is 0 Å². The summed E-state index contributed by atoms with van der Waals surface area (Å²) in [4.78, 5) is 0. The van der Waals surface area contributed by atoms with Crippen LogP contribution in [-0.2, 0) is 17.5 Å². The van der Waals surface area contributed by atoms with E-state index in [2.05, 4.69) is 28.1 Å². The zero-order valence-electron chi connectivity index (χ0n) is 17.0. The summed E-state index contributed by atoms with van der Waals surface area (Å²) < 4.78 is 50.8. The Kier molecular flexibility index (Phi) is 8.63. The molecule has 1 aliphatic rings. The molecule has 164 valence electrons. The van der Waals surface area contributed by atoms with Crippen LogP contribution in [-0.4, -0.2) is 12.7 Å². The van der Waals surface area contributed by atoms with Gasteiger partial charge in [-0.05, 0) is 61.8 Å².